The lowest BCUT2D eigenvalue weighted by Gasteiger charge is -2.11. The van der Waals surface area contributed by atoms with Gasteiger partial charge in [-0.1, -0.05) is 36.4 Å². The number of halogens is 1. The Kier molecular flexibility index (Phi) is 6.73. The fourth-order valence-electron chi connectivity index (χ4n) is 2.89. The molecule has 3 aromatic carbocycles. The Labute approximate surface area is 187 Å². The lowest BCUT2D eigenvalue weighted by atomic mass is 10.1. The number of carbonyl (C=O) groups excluding carboxylic acids is 1. The van der Waals surface area contributed by atoms with Gasteiger partial charge in [0.15, 0.2) is 9.84 Å². The summed E-state index contributed by atoms with van der Waals surface area (Å²) < 4.78 is 23.2. The van der Waals surface area contributed by atoms with Crippen LogP contribution in [0.2, 0.25) is 5.02 Å². The number of hydrogen-bond donors (Lipinski definition) is 1. The molecule has 0 fully saturated rings. The number of amides is 1. The summed E-state index contributed by atoms with van der Waals surface area (Å²) in [6.07, 6.45) is 2.73. The van der Waals surface area contributed by atoms with E-state index in [9.17, 15) is 13.2 Å². The van der Waals surface area contributed by atoms with Crippen molar-refractivity contribution in [3.05, 3.63) is 101 Å². The molecule has 0 heterocycles. The minimum atomic E-state index is -3.32. The molecule has 1 amide bonds. The fraction of sp³-hybridized carbons (Fsp3) is 0.0833. The summed E-state index contributed by atoms with van der Waals surface area (Å²) in [5.41, 5.74) is 3.88. The lowest BCUT2D eigenvalue weighted by Crippen LogP contribution is -2.12. The van der Waals surface area contributed by atoms with Gasteiger partial charge in [0, 0.05) is 23.1 Å². The van der Waals surface area contributed by atoms with Gasteiger partial charge in [-0.2, -0.15) is 0 Å². The summed E-state index contributed by atoms with van der Waals surface area (Å²) in [5, 5.41) is 3.28. The number of sulfone groups is 1. The third-order valence-electron chi connectivity index (χ3n) is 4.59. The number of carbonyl (C=O) groups is 1. The largest absolute Gasteiger partial charge is 0.322 e. The Hall–Kier alpha value is -3.22. The Morgan fingerprint density at radius 3 is 2.35 bits per heavy atom. The second-order valence-electron chi connectivity index (χ2n) is 6.93. The first kappa shape index (κ1) is 22.5. The number of anilines is 1. The van der Waals surface area contributed by atoms with Crippen molar-refractivity contribution in [2.24, 2.45) is 4.99 Å². The predicted octanol–water partition coefficient (Wildman–Crippen LogP) is 5.61. The van der Waals surface area contributed by atoms with Crippen molar-refractivity contribution in [3.63, 3.8) is 0 Å². The normalized spacial score (nSPS) is 11.8. The van der Waals surface area contributed by atoms with Crippen LogP contribution in [0.4, 0.5) is 11.4 Å². The molecule has 0 aliphatic heterocycles. The number of rotatable bonds is 6. The van der Waals surface area contributed by atoms with Gasteiger partial charge in [0.2, 0.25) is 0 Å². The number of aliphatic imine (C=N–C) groups is 1. The summed E-state index contributed by atoms with van der Waals surface area (Å²) >= 11 is 6.39. The van der Waals surface area contributed by atoms with Gasteiger partial charge < -0.3 is 5.32 Å². The fourth-order valence-corrected chi connectivity index (χ4v) is 3.74. The second-order valence-corrected chi connectivity index (χ2v) is 9.36. The van der Waals surface area contributed by atoms with Crippen molar-refractivity contribution in [1.29, 1.82) is 0 Å². The number of hydrogen-bond acceptors (Lipinski definition) is 4. The van der Waals surface area contributed by atoms with E-state index in [2.05, 4.69) is 16.9 Å². The van der Waals surface area contributed by atoms with Crippen molar-refractivity contribution in [1.82, 2.24) is 0 Å². The standard InChI is InChI=1S/C24H21ClN2O3S/c1-4-22(27-23-8-6-5-7-16(23)2)20-15-18(11-14-21(20)25)26-24(28)17-9-12-19(13-10-17)31(3,29)30/h4-15H,1H2,2-3H3,(H,26,28). The minimum Gasteiger partial charge on any atom is -0.322 e. The highest BCUT2D eigenvalue weighted by molar-refractivity contribution is 7.90. The van der Waals surface area contributed by atoms with E-state index in [4.69, 9.17) is 11.6 Å². The number of para-hydroxylation sites is 1. The molecule has 0 aromatic heterocycles. The highest BCUT2D eigenvalue weighted by Gasteiger charge is 2.12. The maximum atomic E-state index is 12.6. The van der Waals surface area contributed by atoms with E-state index in [0.717, 1.165) is 17.5 Å². The summed E-state index contributed by atoms with van der Waals surface area (Å²) in [4.78, 5) is 17.4. The molecule has 0 spiro atoms. The Balaban J connectivity index is 1.89. The van der Waals surface area contributed by atoms with E-state index in [-0.39, 0.29) is 10.8 Å². The predicted molar refractivity (Wildman–Crippen MR) is 127 cm³/mol. The summed E-state index contributed by atoms with van der Waals surface area (Å²) in [7, 11) is -3.32. The average molecular weight is 453 g/mol. The van der Waals surface area contributed by atoms with Crippen LogP contribution in [-0.4, -0.2) is 26.3 Å². The van der Waals surface area contributed by atoms with Gasteiger partial charge in [-0.15, -0.1) is 0 Å². The highest BCUT2D eigenvalue weighted by atomic mass is 35.5. The molecule has 1 N–H and O–H groups in total. The molecule has 0 bridgehead atoms. The van der Waals surface area contributed by atoms with Gasteiger partial charge in [0.05, 0.1) is 21.3 Å². The van der Waals surface area contributed by atoms with Crippen LogP contribution in [-0.2, 0) is 9.84 Å². The molecule has 0 aliphatic rings. The van der Waals surface area contributed by atoms with Gasteiger partial charge in [0.25, 0.3) is 5.91 Å². The molecule has 0 unspecified atom stereocenters. The third-order valence-corrected chi connectivity index (χ3v) is 6.05. The van der Waals surface area contributed by atoms with E-state index in [1.54, 1.807) is 24.3 Å². The molecule has 158 valence electrons. The topological polar surface area (TPSA) is 75.6 Å². The Morgan fingerprint density at radius 1 is 1.06 bits per heavy atom. The van der Waals surface area contributed by atoms with E-state index in [1.807, 2.05) is 31.2 Å². The smallest absolute Gasteiger partial charge is 0.255 e. The van der Waals surface area contributed by atoms with Crippen molar-refractivity contribution in [2.45, 2.75) is 11.8 Å². The number of nitrogens with zero attached hydrogens (tertiary/aromatic N) is 1. The van der Waals surface area contributed by atoms with Gasteiger partial charge in [-0.05, 0) is 67.1 Å². The molecule has 5 nitrogen and oxygen atoms in total. The van der Waals surface area contributed by atoms with Crippen LogP contribution < -0.4 is 5.32 Å². The van der Waals surface area contributed by atoms with E-state index < -0.39 is 9.84 Å². The molecular weight excluding hydrogens is 432 g/mol. The first-order chi connectivity index (χ1) is 14.7. The molecule has 0 saturated heterocycles. The van der Waals surface area contributed by atoms with Crippen LogP contribution in [0.3, 0.4) is 0 Å². The number of nitrogens with one attached hydrogen (secondary N) is 1. The van der Waals surface area contributed by atoms with Gasteiger partial charge in [0.1, 0.15) is 0 Å². The van der Waals surface area contributed by atoms with Crippen molar-refractivity contribution in [2.75, 3.05) is 11.6 Å². The average Bonchev–Trinajstić information content (AvgIpc) is 2.74. The van der Waals surface area contributed by atoms with Gasteiger partial charge in [-0.25, -0.2) is 13.4 Å². The van der Waals surface area contributed by atoms with Crippen molar-refractivity contribution < 1.29 is 13.2 Å². The third kappa shape index (κ3) is 5.48. The van der Waals surface area contributed by atoms with Gasteiger partial charge in [-0.3, -0.25) is 4.79 Å². The molecule has 0 saturated carbocycles. The quantitative estimate of drug-likeness (QED) is 0.494. The lowest BCUT2D eigenvalue weighted by molar-refractivity contribution is 0.102. The summed E-state index contributed by atoms with van der Waals surface area (Å²) in [6.45, 7) is 5.81. The van der Waals surface area contributed by atoms with Crippen LogP contribution in [0, 0.1) is 6.92 Å². The van der Waals surface area contributed by atoms with Crippen LogP contribution in [0.5, 0.6) is 0 Å². The molecule has 7 heteroatoms. The summed E-state index contributed by atoms with van der Waals surface area (Å²) in [5.74, 6) is -0.371. The van der Waals surface area contributed by atoms with E-state index in [1.165, 1.54) is 24.3 Å². The maximum absolute atomic E-state index is 12.6. The SMILES string of the molecule is C=CC(=Nc1ccccc1C)c1cc(NC(=O)c2ccc(S(C)(=O)=O)cc2)ccc1Cl. The zero-order valence-electron chi connectivity index (χ0n) is 17.1. The maximum Gasteiger partial charge on any atom is 0.255 e. The van der Waals surface area contributed by atoms with Crippen LogP contribution >= 0.6 is 11.6 Å². The van der Waals surface area contributed by atoms with E-state index in [0.29, 0.717) is 27.5 Å². The number of benzene rings is 3. The van der Waals surface area contributed by atoms with Gasteiger partial charge >= 0.3 is 0 Å². The second kappa shape index (κ2) is 9.29. The van der Waals surface area contributed by atoms with Crippen molar-refractivity contribution in [3.8, 4) is 0 Å². The highest BCUT2D eigenvalue weighted by Crippen LogP contribution is 2.25. The van der Waals surface area contributed by atoms with E-state index >= 15 is 0 Å². The minimum absolute atomic E-state index is 0.154. The molecule has 0 atom stereocenters. The molecule has 3 aromatic rings. The Bertz CT molecular complexity index is 1280. The zero-order chi connectivity index (χ0) is 22.6. The number of allylic oxidation sites excluding steroid dienone is 1. The van der Waals surface area contributed by atoms with Crippen molar-refractivity contribution >= 4 is 44.4 Å². The molecule has 0 radical (unpaired) electrons. The summed E-state index contributed by atoms with van der Waals surface area (Å²) in [6, 6.07) is 18.5. The van der Waals surface area contributed by atoms with Crippen LogP contribution in [0.25, 0.3) is 0 Å². The first-order valence-corrected chi connectivity index (χ1v) is 11.6. The zero-order valence-corrected chi connectivity index (χ0v) is 18.7. The monoisotopic (exact) mass is 452 g/mol. The molecular formula is C24H21ClN2O3S. The molecule has 3 rings (SSSR count). The van der Waals surface area contributed by atoms with Crippen LogP contribution in [0.15, 0.2) is 89.3 Å². The molecule has 0 aliphatic carbocycles. The molecule has 31 heavy (non-hydrogen) atoms. The number of aryl methyl sites for hydroxylation is 1. The Morgan fingerprint density at radius 2 is 1.74 bits per heavy atom. The van der Waals surface area contributed by atoms with Crippen LogP contribution in [0.1, 0.15) is 21.5 Å². The first-order valence-electron chi connectivity index (χ1n) is 9.37.